The lowest BCUT2D eigenvalue weighted by atomic mass is 10.1. The lowest BCUT2D eigenvalue weighted by molar-refractivity contribution is 0.485. The molecule has 0 aliphatic rings. The molecule has 0 amide bonds. The van der Waals surface area contributed by atoms with E-state index in [0.29, 0.717) is 11.4 Å². The number of benzene rings is 2. The Morgan fingerprint density at radius 2 is 1.79 bits per heavy atom. The van der Waals surface area contributed by atoms with E-state index in [1.807, 2.05) is 55.5 Å². The average molecular weight is 250 g/mol. The van der Waals surface area contributed by atoms with Crippen molar-refractivity contribution in [1.29, 1.82) is 0 Å². The van der Waals surface area contributed by atoms with Crippen molar-refractivity contribution >= 4 is 16.6 Å². The predicted octanol–water partition coefficient (Wildman–Crippen LogP) is 3.92. The minimum absolute atomic E-state index is 0.617. The number of pyridine rings is 1. The van der Waals surface area contributed by atoms with E-state index in [1.54, 1.807) is 6.20 Å². The first-order valence-corrected chi connectivity index (χ1v) is 6.12. The number of nitrogens with zero attached hydrogens (tertiary/aromatic N) is 1. The van der Waals surface area contributed by atoms with Gasteiger partial charge in [0, 0.05) is 11.6 Å². The van der Waals surface area contributed by atoms with Gasteiger partial charge in [-0.15, -0.1) is 0 Å². The topological polar surface area (TPSA) is 48.1 Å². The van der Waals surface area contributed by atoms with Crippen LogP contribution in [0, 0.1) is 6.92 Å². The summed E-state index contributed by atoms with van der Waals surface area (Å²) in [5, 5.41) is 0.909. The molecule has 0 unspecified atom stereocenters. The molecule has 0 spiro atoms. The van der Waals surface area contributed by atoms with Crippen LogP contribution in [0.2, 0.25) is 0 Å². The fourth-order valence-corrected chi connectivity index (χ4v) is 1.98. The Balaban J connectivity index is 2.01. The molecule has 0 aliphatic carbocycles. The first-order valence-electron chi connectivity index (χ1n) is 6.12. The number of anilines is 1. The van der Waals surface area contributed by atoms with Crippen molar-refractivity contribution in [3.63, 3.8) is 0 Å². The summed E-state index contributed by atoms with van der Waals surface area (Å²) < 4.78 is 5.82. The molecule has 0 bridgehead atoms. The van der Waals surface area contributed by atoms with Crippen LogP contribution in [0.25, 0.3) is 10.9 Å². The molecule has 0 aliphatic heterocycles. The van der Waals surface area contributed by atoms with Crippen molar-refractivity contribution in [2.75, 3.05) is 5.73 Å². The zero-order valence-corrected chi connectivity index (χ0v) is 10.6. The van der Waals surface area contributed by atoms with Gasteiger partial charge in [0.15, 0.2) is 5.75 Å². The predicted molar refractivity (Wildman–Crippen MR) is 77.4 cm³/mol. The van der Waals surface area contributed by atoms with Gasteiger partial charge in [0.05, 0.1) is 11.2 Å². The quantitative estimate of drug-likeness (QED) is 0.701. The summed E-state index contributed by atoms with van der Waals surface area (Å²) in [6, 6.07) is 15.5. The monoisotopic (exact) mass is 250 g/mol. The Morgan fingerprint density at radius 3 is 2.58 bits per heavy atom. The molecule has 3 aromatic rings. The summed E-state index contributed by atoms with van der Waals surface area (Å²) in [6.45, 7) is 2.04. The molecule has 0 saturated carbocycles. The zero-order valence-electron chi connectivity index (χ0n) is 10.6. The van der Waals surface area contributed by atoms with Crippen molar-refractivity contribution < 1.29 is 4.74 Å². The van der Waals surface area contributed by atoms with Crippen LogP contribution in [0.15, 0.2) is 54.7 Å². The van der Waals surface area contributed by atoms with Crippen LogP contribution >= 0.6 is 0 Å². The maximum atomic E-state index is 6.13. The van der Waals surface area contributed by atoms with Crippen LogP contribution < -0.4 is 10.5 Å². The number of nitrogens with two attached hydrogens (primary N) is 1. The summed E-state index contributed by atoms with van der Waals surface area (Å²) in [4.78, 5) is 4.27. The van der Waals surface area contributed by atoms with Crippen LogP contribution in [-0.4, -0.2) is 4.98 Å². The third kappa shape index (κ3) is 2.22. The smallest absolute Gasteiger partial charge is 0.151 e. The highest BCUT2D eigenvalue weighted by Crippen LogP contribution is 2.32. The Morgan fingerprint density at radius 1 is 1.00 bits per heavy atom. The lowest BCUT2D eigenvalue weighted by Crippen LogP contribution is -1.94. The largest absolute Gasteiger partial charge is 0.455 e. The van der Waals surface area contributed by atoms with Crippen LogP contribution in [0.4, 0.5) is 5.69 Å². The van der Waals surface area contributed by atoms with Gasteiger partial charge < -0.3 is 10.5 Å². The molecule has 3 nitrogen and oxygen atoms in total. The first kappa shape index (κ1) is 11.5. The fraction of sp³-hybridized carbons (Fsp3) is 0.0625. The van der Waals surface area contributed by atoms with Gasteiger partial charge in [0.25, 0.3) is 0 Å². The second kappa shape index (κ2) is 4.61. The molecule has 1 heterocycles. The number of aryl methyl sites for hydroxylation is 1. The Kier molecular flexibility index (Phi) is 2.80. The van der Waals surface area contributed by atoms with Gasteiger partial charge in [0.2, 0.25) is 0 Å². The van der Waals surface area contributed by atoms with Crippen molar-refractivity contribution in [3.8, 4) is 11.5 Å². The third-order valence-electron chi connectivity index (χ3n) is 3.04. The van der Waals surface area contributed by atoms with Crippen molar-refractivity contribution in [1.82, 2.24) is 4.98 Å². The molecular weight excluding hydrogens is 236 g/mol. The SMILES string of the molecule is Cc1ccc(Oc2ccc3ncccc3c2N)cc1. The first-order chi connectivity index (χ1) is 9.24. The van der Waals surface area contributed by atoms with E-state index in [9.17, 15) is 0 Å². The summed E-state index contributed by atoms with van der Waals surface area (Å²) in [5.74, 6) is 1.44. The Bertz CT molecular complexity index is 720. The van der Waals surface area contributed by atoms with Gasteiger partial charge in [-0.05, 0) is 43.3 Å². The maximum absolute atomic E-state index is 6.13. The molecule has 2 aromatic carbocycles. The normalized spacial score (nSPS) is 10.6. The minimum Gasteiger partial charge on any atom is -0.455 e. The van der Waals surface area contributed by atoms with E-state index in [2.05, 4.69) is 4.98 Å². The summed E-state index contributed by atoms with van der Waals surface area (Å²) in [6.07, 6.45) is 1.75. The number of fused-ring (bicyclic) bond motifs is 1. The fourth-order valence-electron chi connectivity index (χ4n) is 1.98. The van der Waals surface area contributed by atoms with E-state index in [1.165, 1.54) is 5.56 Å². The lowest BCUT2D eigenvalue weighted by Gasteiger charge is -2.10. The summed E-state index contributed by atoms with van der Waals surface area (Å²) in [7, 11) is 0. The van der Waals surface area contributed by atoms with Gasteiger partial charge in [-0.2, -0.15) is 0 Å². The summed E-state index contributed by atoms with van der Waals surface area (Å²) >= 11 is 0. The standard InChI is InChI=1S/C16H14N2O/c1-11-4-6-12(7-5-11)19-15-9-8-14-13(16(15)17)3-2-10-18-14/h2-10H,17H2,1H3. The number of hydrogen-bond acceptors (Lipinski definition) is 3. The highest BCUT2D eigenvalue weighted by Gasteiger charge is 2.06. The van der Waals surface area contributed by atoms with Gasteiger partial charge in [-0.1, -0.05) is 17.7 Å². The molecule has 94 valence electrons. The van der Waals surface area contributed by atoms with Crippen molar-refractivity contribution in [2.24, 2.45) is 0 Å². The number of aromatic nitrogens is 1. The molecule has 0 radical (unpaired) electrons. The van der Waals surface area contributed by atoms with E-state index < -0.39 is 0 Å². The van der Waals surface area contributed by atoms with Gasteiger partial charge >= 0.3 is 0 Å². The van der Waals surface area contributed by atoms with E-state index in [4.69, 9.17) is 10.5 Å². The molecular formula is C16H14N2O. The van der Waals surface area contributed by atoms with Crippen LogP contribution in [0.1, 0.15) is 5.56 Å². The van der Waals surface area contributed by atoms with Gasteiger partial charge in [0.1, 0.15) is 5.75 Å². The average Bonchev–Trinajstić information content (AvgIpc) is 2.45. The highest BCUT2D eigenvalue weighted by atomic mass is 16.5. The number of nitrogen functional groups attached to an aromatic ring is 1. The molecule has 0 fully saturated rings. The molecule has 19 heavy (non-hydrogen) atoms. The van der Waals surface area contributed by atoms with Gasteiger partial charge in [-0.25, -0.2) is 0 Å². The molecule has 1 aromatic heterocycles. The minimum atomic E-state index is 0.617. The molecule has 3 rings (SSSR count). The van der Waals surface area contributed by atoms with Crippen molar-refractivity contribution in [2.45, 2.75) is 6.92 Å². The van der Waals surface area contributed by atoms with E-state index >= 15 is 0 Å². The second-order valence-corrected chi connectivity index (χ2v) is 4.46. The van der Waals surface area contributed by atoms with Crippen LogP contribution in [0.3, 0.4) is 0 Å². The van der Waals surface area contributed by atoms with E-state index in [-0.39, 0.29) is 0 Å². The number of hydrogen-bond donors (Lipinski definition) is 1. The molecule has 0 saturated heterocycles. The Hall–Kier alpha value is -2.55. The highest BCUT2D eigenvalue weighted by molar-refractivity contribution is 5.93. The number of ether oxygens (including phenoxy) is 1. The maximum Gasteiger partial charge on any atom is 0.151 e. The Labute approximate surface area is 111 Å². The second-order valence-electron chi connectivity index (χ2n) is 4.46. The van der Waals surface area contributed by atoms with Crippen LogP contribution in [0.5, 0.6) is 11.5 Å². The van der Waals surface area contributed by atoms with E-state index in [0.717, 1.165) is 16.7 Å². The summed E-state index contributed by atoms with van der Waals surface area (Å²) in [5.41, 5.74) is 8.82. The zero-order chi connectivity index (χ0) is 13.2. The molecule has 3 heteroatoms. The van der Waals surface area contributed by atoms with Gasteiger partial charge in [-0.3, -0.25) is 4.98 Å². The molecule has 2 N–H and O–H groups in total. The third-order valence-corrected chi connectivity index (χ3v) is 3.04. The van der Waals surface area contributed by atoms with Crippen molar-refractivity contribution in [3.05, 3.63) is 60.3 Å². The number of rotatable bonds is 2. The van der Waals surface area contributed by atoms with Crippen LogP contribution in [-0.2, 0) is 0 Å². The molecule has 0 atom stereocenters.